The number of nitrogens with one attached hydrogen (secondary N) is 1. The van der Waals surface area contributed by atoms with Crippen LogP contribution in [0.3, 0.4) is 0 Å². The zero-order chi connectivity index (χ0) is 24.7. The van der Waals surface area contributed by atoms with E-state index in [-0.39, 0.29) is 12.3 Å². The quantitative estimate of drug-likeness (QED) is 0.326. The molecule has 0 bridgehead atoms. The fraction of sp³-hybridized carbons (Fsp3) is 0.111. The number of hydrogen-bond donors (Lipinski definition) is 1. The van der Waals surface area contributed by atoms with Gasteiger partial charge in [0, 0.05) is 18.5 Å². The average Bonchev–Trinajstić information content (AvgIpc) is 3.63. The van der Waals surface area contributed by atoms with Gasteiger partial charge in [0.05, 0.1) is 19.8 Å². The number of ether oxygens (including phenoxy) is 2. The normalized spacial score (nSPS) is 10.7. The number of nitrogens with zero attached hydrogens (tertiary/aromatic N) is 4. The molecule has 3 heterocycles. The van der Waals surface area contributed by atoms with E-state index < -0.39 is 0 Å². The number of rotatable bonds is 9. The molecule has 5 aromatic rings. The Labute approximate surface area is 207 Å². The van der Waals surface area contributed by atoms with Gasteiger partial charge in [-0.25, -0.2) is 14.6 Å². The summed E-state index contributed by atoms with van der Waals surface area (Å²) in [5.41, 5.74) is 1.80. The maximum atomic E-state index is 12.9. The molecule has 1 amide bonds. The molecule has 5 rings (SSSR count). The molecule has 180 valence electrons. The zero-order valence-electron chi connectivity index (χ0n) is 19.5. The van der Waals surface area contributed by atoms with Crippen molar-refractivity contribution in [3.8, 4) is 28.9 Å². The highest BCUT2D eigenvalue weighted by atomic mass is 16.5. The molecule has 2 aromatic carbocycles. The number of amides is 1. The molecular weight excluding hydrogens is 458 g/mol. The van der Waals surface area contributed by atoms with Gasteiger partial charge in [-0.1, -0.05) is 36.4 Å². The van der Waals surface area contributed by atoms with E-state index in [1.54, 1.807) is 60.8 Å². The molecule has 1 N–H and O–H groups in total. The van der Waals surface area contributed by atoms with Crippen LogP contribution in [0.1, 0.15) is 11.1 Å². The summed E-state index contributed by atoms with van der Waals surface area (Å²) in [5, 5.41) is 7.08. The van der Waals surface area contributed by atoms with E-state index >= 15 is 0 Å². The molecule has 0 aliphatic rings. The number of methoxy groups -OCH3 is 1. The summed E-state index contributed by atoms with van der Waals surface area (Å²) >= 11 is 0. The fourth-order valence-electron chi connectivity index (χ4n) is 3.59. The van der Waals surface area contributed by atoms with Gasteiger partial charge in [-0.3, -0.25) is 4.79 Å². The molecule has 0 aliphatic carbocycles. The number of anilines is 1. The van der Waals surface area contributed by atoms with Gasteiger partial charge in [-0.2, -0.15) is 5.10 Å². The number of carbonyl (C=O) groups excluding carboxylic acids is 1. The second-order valence-electron chi connectivity index (χ2n) is 7.85. The van der Waals surface area contributed by atoms with Gasteiger partial charge in [-0.15, -0.1) is 0 Å². The van der Waals surface area contributed by atoms with Crippen LogP contribution in [-0.4, -0.2) is 32.8 Å². The largest absolute Gasteiger partial charge is 0.493 e. The molecule has 0 radical (unpaired) electrons. The van der Waals surface area contributed by atoms with Crippen LogP contribution in [0.15, 0.2) is 95.9 Å². The lowest BCUT2D eigenvalue weighted by Crippen LogP contribution is -2.16. The SMILES string of the molecule is COc1ccc(CC(=O)Nc2cc(-n3cccn3)nc(-c3ccco3)n2)cc1OCc1ccccc1. The summed E-state index contributed by atoms with van der Waals surface area (Å²) < 4.78 is 18.4. The molecule has 0 saturated carbocycles. The Morgan fingerprint density at radius 3 is 2.61 bits per heavy atom. The molecule has 0 unspecified atom stereocenters. The van der Waals surface area contributed by atoms with E-state index in [0.717, 1.165) is 11.1 Å². The molecule has 0 fully saturated rings. The minimum atomic E-state index is -0.246. The molecule has 9 heteroatoms. The van der Waals surface area contributed by atoms with Crippen LogP contribution in [0, 0.1) is 0 Å². The number of aromatic nitrogens is 4. The van der Waals surface area contributed by atoms with Gasteiger partial charge in [0.1, 0.15) is 12.4 Å². The lowest BCUT2D eigenvalue weighted by molar-refractivity contribution is -0.115. The maximum Gasteiger partial charge on any atom is 0.229 e. The molecule has 0 spiro atoms. The summed E-state index contributed by atoms with van der Waals surface area (Å²) in [4.78, 5) is 21.9. The van der Waals surface area contributed by atoms with Crippen LogP contribution < -0.4 is 14.8 Å². The zero-order valence-corrected chi connectivity index (χ0v) is 19.5. The monoisotopic (exact) mass is 481 g/mol. The van der Waals surface area contributed by atoms with Crippen molar-refractivity contribution in [3.05, 3.63) is 103 Å². The third kappa shape index (κ3) is 5.41. The number of furan rings is 1. The van der Waals surface area contributed by atoms with Gasteiger partial charge in [-0.05, 0) is 41.5 Å². The average molecular weight is 482 g/mol. The van der Waals surface area contributed by atoms with Crippen molar-refractivity contribution in [1.82, 2.24) is 19.7 Å². The van der Waals surface area contributed by atoms with Crippen LogP contribution in [0.2, 0.25) is 0 Å². The molecule has 0 saturated heterocycles. The standard InChI is InChI=1S/C27H23N5O4/c1-34-21-11-10-20(15-23(21)36-18-19-7-3-2-4-8-19)16-26(33)29-24-17-25(32-13-6-12-28-32)31-27(30-24)22-9-5-14-35-22/h2-15,17H,16,18H2,1H3,(H,29,30,31,33). The molecule has 3 aromatic heterocycles. The van der Waals surface area contributed by atoms with Crippen LogP contribution in [0.4, 0.5) is 5.82 Å². The lowest BCUT2D eigenvalue weighted by atomic mass is 10.1. The van der Waals surface area contributed by atoms with Gasteiger partial charge in [0.15, 0.2) is 28.9 Å². The van der Waals surface area contributed by atoms with E-state index in [2.05, 4.69) is 20.4 Å². The van der Waals surface area contributed by atoms with Gasteiger partial charge >= 0.3 is 0 Å². The van der Waals surface area contributed by atoms with Crippen molar-refractivity contribution in [2.75, 3.05) is 12.4 Å². The van der Waals surface area contributed by atoms with Crippen molar-refractivity contribution in [2.24, 2.45) is 0 Å². The van der Waals surface area contributed by atoms with Crippen LogP contribution in [-0.2, 0) is 17.8 Å². The predicted octanol–water partition coefficient (Wildman–Crippen LogP) is 4.69. The van der Waals surface area contributed by atoms with Gasteiger partial charge in [0.25, 0.3) is 0 Å². The second-order valence-corrected chi connectivity index (χ2v) is 7.85. The first kappa shape index (κ1) is 22.9. The molecule has 9 nitrogen and oxygen atoms in total. The van der Waals surface area contributed by atoms with Gasteiger partial charge in [0.2, 0.25) is 5.91 Å². The fourth-order valence-corrected chi connectivity index (χ4v) is 3.59. The molecule has 0 atom stereocenters. The van der Waals surface area contributed by atoms with Gasteiger partial charge < -0.3 is 19.2 Å². The number of hydrogen-bond acceptors (Lipinski definition) is 7. The summed E-state index contributed by atoms with van der Waals surface area (Å²) in [6, 6.07) is 22.2. The number of benzene rings is 2. The van der Waals surface area contributed by atoms with Crippen LogP contribution in [0.25, 0.3) is 17.4 Å². The Morgan fingerprint density at radius 2 is 1.86 bits per heavy atom. The first-order chi connectivity index (χ1) is 17.7. The van der Waals surface area contributed by atoms with Crippen LogP contribution in [0.5, 0.6) is 11.5 Å². The molecule has 0 aliphatic heterocycles. The third-order valence-electron chi connectivity index (χ3n) is 5.29. The van der Waals surface area contributed by atoms with E-state index in [4.69, 9.17) is 13.9 Å². The summed E-state index contributed by atoms with van der Waals surface area (Å²) in [5.74, 6) is 2.57. The smallest absolute Gasteiger partial charge is 0.229 e. The Bertz CT molecular complexity index is 1380. The first-order valence-electron chi connectivity index (χ1n) is 11.2. The molecular formula is C27H23N5O4. The highest BCUT2D eigenvalue weighted by Gasteiger charge is 2.14. The van der Waals surface area contributed by atoms with E-state index in [1.165, 1.54) is 0 Å². The highest BCUT2D eigenvalue weighted by molar-refractivity contribution is 5.91. The van der Waals surface area contributed by atoms with Crippen LogP contribution >= 0.6 is 0 Å². The Kier molecular flexibility index (Phi) is 6.70. The highest BCUT2D eigenvalue weighted by Crippen LogP contribution is 2.29. The van der Waals surface area contributed by atoms with Crippen molar-refractivity contribution in [2.45, 2.75) is 13.0 Å². The van der Waals surface area contributed by atoms with Crippen molar-refractivity contribution >= 4 is 11.7 Å². The predicted molar refractivity (Wildman–Crippen MR) is 133 cm³/mol. The minimum absolute atomic E-state index is 0.114. The van der Waals surface area contributed by atoms with E-state index in [0.29, 0.717) is 41.3 Å². The van der Waals surface area contributed by atoms with E-state index in [1.807, 2.05) is 42.5 Å². The van der Waals surface area contributed by atoms with Crippen molar-refractivity contribution in [3.63, 3.8) is 0 Å². The maximum absolute atomic E-state index is 12.9. The minimum Gasteiger partial charge on any atom is -0.493 e. The second kappa shape index (κ2) is 10.6. The summed E-state index contributed by atoms with van der Waals surface area (Å²) in [6.07, 6.45) is 5.06. The summed E-state index contributed by atoms with van der Waals surface area (Å²) in [7, 11) is 1.58. The van der Waals surface area contributed by atoms with Crippen molar-refractivity contribution < 1.29 is 18.7 Å². The third-order valence-corrected chi connectivity index (χ3v) is 5.29. The molecule has 36 heavy (non-hydrogen) atoms. The van der Waals surface area contributed by atoms with E-state index in [9.17, 15) is 4.79 Å². The summed E-state index contributed by atoms with van der Waals surface area (Å²) in [6.45, 7) is 0.388. The van der Waals surface area contributed by atoms with Crippen molar-refractivity contribution in [1.29, 1.82) is 0 Å². The Morgan fingerprint density at radius 1 is 0.972 bits per heavy atom. The number of carbonyl (C=O) groups is 1. The lowest BCUT2D eigenvalue weighted by Gasteiger charge is -2.13. The Balaban J connectivity index is 1.33. The topological polar surface area (TPSA) is 104 Å². The first-order valence-corrected chi connectivity index (χ1v) is 11.2. The Hall–Kier alpha value is -4.92.